The van der Waals surface area contributed by atoms with Gasteiger partial charge < -0.3 is 20.4 Å². The summed E-state index contributed by atoms with van der Waals surface area (Å²) in [5, 5.41) is 6.92. The van der Waals surface area contributed by atoms with E-state index in [1.807, 2.05) is 60.2 Å². The lowest BCUT2D eigenvalue weighted by molar-refractivity contribution is -0.117. The van der Waals surface area contributed by atoms with Gasteiger partial charge in [-0.3, -0.25) is 9.59 Å². The summed E-state index contributed by atoms with van der Waals surface area (Å²) in [7, 11) is 1.88. The fourth-order valence-corrected chi connectivity index (χ4v) is 4.02. The molecular weight excluding hydrogens is 411 g/mol. The summed E-state index contributed by atoms with van der Waals surface area (Å²) >= 11 is 6.16. The number of amides is 2. The lowest BCUT2D eigenvalue weighted by atomic mass is 10.0. The highest BCUT2D eigenvalue weighted by atomic mass is 35.5. The van der Waals surface area contributed by atoms with Gasteiger partial charge in [0.25, 0.3) is 5.91 Å². The van der Waals surface area contributed by atoms with Crippen molar-refractivity contribution in [2.75, 3.05) is 36.9 Å². The molecule has 1 fully saturated rings. The molecule has 6 nitrogen and oxygen atoms in total. The van der Waals surface area contributed by atoms with Crippen LogP contribution in [0.1, 0.15) is 28.9 Å². The van der Waals surface area contributed by atoms with Crippen LogP contribution in [-0.4, -0.2) is 49.4 Å². The standard InChI is InChI=1S/C21H23ClN4O2.ClH/c1-13-20(27)24-17-11-15(6-7-18(17)25(13)2)21(28)26-9-8-23-12-19(26)14-4-3-5-16(22)10-14;/h3-7,10-11,13,19,23H,8-9,12H2,1-2H3,(H,24,27);1H. The summed E-state index contributed by atoms with van der Waals surface area (Å²) < 4.78 is 0. The highest BCUT2D eigenvalue weighted by molar-refractivity contribution is 6.30. The Balaban J connectivity index is 0.00000240. The maximum absolute atomic E-state index is 13.3. The number of hydrogen-bond donors (Lipinski definition) is 2. The van der Waals surface area contributed by atoms with E-state index >= 15 is 0 Å². The smallest absolute Gasteiger partial charge is 0.254 e. The second-order valence-corrected chi connectivity index (χ2v) is 7.72. The molecule has 8 heteroatoms. The van der Waals surface area contributed by atoms with E-state index in [2.05, 4.69) is 10.6 Å². The van der Waals surface area contributed by atoms with Crippen molar-refractivity contribution in [1.29, 1.82) is 0 Å². The maximum Gasteiger partial charge on any atom is 0.254 e. The zero-order valence-corrected chi connectivity index (χ0v) is 17.9. The van der Waals surface area contributed by atoms with Crippen LogP contribution in [-0.2, 0) is 4.79 Å². The zero-order valence-electron chi connectivity index (χ0n) is 16.3. The van der Waals surface area contributed by atoms with Crippen molar-refractivity contribution in [2.45, 2.75) is 19.0 Å². The molecule has 2 amide bonds. The monoisotopic (exact) mass is 434 g/mol. The minimum absolute atomic E-state index is 0. The van der Waals surface area contributed by atoms with Crippen molar-refractivity contribution >= 4 is 47.2 Å². The molecule has 29 heavy (non-hydrogen) atoms. The van der Waals surface area contributed by atoms with Crippen LogP contribution in [0.25, 0.3) is 0 Å². The minimum atomic E-state index is -0.241. The molecule has 2 aromatic rings. The van der Waals surface area contributed by atoms with E-state index in [9.17, 15) is 9.59 Å². The van der Waals surface area contributed by atoms with Gasteiger partial charge in [-0.05, 0) is 42.8 Å². The zero-order chi connectivity index (χ0) is 19.8. The fourth-order valence-electron chi connectivity index (χ4n) is 3.82. The van der Waals surface area contributed by atoms with Crippen LogP contribution in [0.2, 0.25) is 5.02 Å². The summed E-state index contributed by atoms with van der Waals surface area (Å²) in [6, 6.07) is 12.8. The maximum atomic E-state index is 13.3. The molecule has 2 aliphatic rings. The lowest BCUT2D eigenvalue weighted by Crippen LogP contribution is -2.48. The van der Waals surface area contributed by atoms with Gasteiger partial charge in [-0.2, -0.15) is 0 Å². The molecule has 0 aromatic heterocycles. The van der Waals surface area contributed by atoms with Gasteiger partial charge in [0.05, 0.1) is 17.4 Å². The Morgan fingerprint density at radius 3 is 2.76 bits per heavy atom. The van der Waals surface area contributed by atoms with E-state index in [0.717, 1.165) is 17.8 Å². The van der Waals surface area contributed by atoms with E-state index in [0.29, 0.717) is 29.4 Å². The number of hydrogen-bond acceptors (Lipinski definition) is 4. The third kappa shape index (κ3) is 4.06. The molecule has 2 N–H and O–H groups in total. The van der Waals surface area contributed by atoms with Crippen LogP contribution >= 0.6 is 24.0 Å². The van der Waals surface area contributed by atoms with Gasteiger partial charge >= 0.3 is 0 Å². The summed E-state index contributed by atoms with van der Waals surface area (Å²) in [4.78, 5) is 29.3. The molecule has 2 aliphatic heterocycles. The van der Waals surface area contributed by atoms with E-state index in [1.165, 1.54) is 0 Å². The second-order valence-electron chi connectivity index (χ2n) is 7.28. The number of nitrogens with one attached hydrogen (secondary N) is 2. The Bertz CT molecular complexity index is 937. The fraction of sp³-hybridized carbons (Fsp3) is 0.333. The molecular formula is C21H24Cl2N4O2. The first-order valence-corrected chi connectivity index (χ1v) is 9.78. The molecule has 154 valence electrons. The molecule has 2 unspecified atom stereocenters. The van der Waals surface area contributed by atoms with Crippen molar-refractivity contribution in [1.82, 2.24) is 10.2 Å². The van der Waals surface area contributed by atoms with E-state index < -0.39 is 0 Å². The van der Waals surface area contributed by atoms with Crippen LogP contribution in [0.4, 0.5) is 11.4 Å². The number of carbonyl (C=O) groups is 2. The van der Waals surface area contributed by atoms with Crippen LogP contribution in [0.5, 0.6) is 0 Å². The number of carbonyl (C=O) groups excluding carboxylic acids is 2. The predicted octanol–water partition coefficient (Wildman–Crippen LogP) is 3.33. The molecule has 2 atom stereocenters. The molecule has 0 radical (unpaired) electrons. The average Bonchev–Trinajstić information content (AvgIpc) is 2.71. The first-order chi connectivity index (χ1) is 13.5. The molecule has 2 heterocycles. The number of likely N-dealkylation sites (N-methyl/N-ethyl adjacent to an activating group) is 1. The molecule has 2 aromatic carbocycles. The highest BCUT2D eigenvalue weighted by Crippen LogP contribution is 2.33. The predicted molar refractivity (Wildman–Crippen MR) is 118 cm³/mol. The first-order valence-electron chi connectivity index (χ1n) is 9.40. The second kappa shape index (κ2) is 8.61. The summed E-state index contributed by atoms with van der Waals surface area (Å²) in [6.07, 6.45) is 0. The number of halogens is 2. The molecule has 0 saturated carbocycles. The third-order valence-corrected chi connectivity index (χ3v) is 5.81. The summed E-state index contributed by atoms with van der Waals surface area (Å²) in [5.74, 6) is -0.122. The van der Waals surface area contributed by atoms with E-state index in [4.69, 9.17) is 11.6 Å². The molecule has 1 saturated heterocycles. The highest BCUT2D eigenvalue weighted by Gasteiger charge is 2.31. The third-order valence-electron chi connectivity index (χ3n) is 5.58. The topological polar surface area (TPSA) is 64.7 Å². The Morgan fingerprint density at radius 1 is 1.21 bits per heavy atom. The molecule has 4 rings (SSSR count). The van der Waals surface area contributed by atoms with Gasteiger partial charge in [-0.25, -0.2) is 0 Å². The summed E-state index contributed by atoms with van der Waals surface area (Å²) in [6.45, 7) is 3.88. The molecule has 0 bridgehead atoms. The normalized spacial score (nSPS) is 21.1. The van der Waals surface area contributed by atoms with Gasteiger partial charge in [0.1, 0.15) is 6.04 Å². The van der Waals surface area contributed by atoms with Gasteiger partial charge in [0, 0.05) is 37.3 Å². The van der Waals surface area contributed by atoms with Gasteiger partial charge in [-0.15, -0.1) is 12.4 Å². The number of rotatable bonds is 2. The largest absolute Gasteiger partial charge is 0.361 e. The van der Waals surface area contributed by atoms with Gasteiger partial charge in [0.15, 0.2) is 0 Å². The van der Waals surface area contributed by atoms with Crippen molar-refractivity contribution in [3.8, 4) is 0 Å². The quantitative estimate of drug-likeness (QED) is 0.760. The van der Waals surface area contributed by atoms with Crippen molar-refractivity contribution in [3.05, 3.63) is 58.6 Å². The average molecular weight is 435 g/mol. The molecule has 0 spiro atoms. The lowest BCUT2D eigenvalue weighted by Gasteiger charge is -2.37. The number of fused-ring (bicyclic) bond motifs is 1. The number of benzene rings is 2. The SMILES string of the molecule is CC1C(=O)Nc2cc(C(=O)N3CCNCC3c3cccc(Cl)c3)ccc2N1C.Cl. The Kier molecular flexibility index (Phi) is 6.36. The Labute approximate surface area is 181 Å². The number of piperazine rings is 1. The first kappa shape index (κ1) is 21.4. The Hall–Kier alpha value is -2.28. The van der Waals surface area contributed by atoms with Gasteiger partial charge in [-0.1, -0.05) is 23.7 Å². The number of nitrogens with zero attached hydrogens (tertiary/aromatic N) is 2. The summed E-state index contributed by atoms with van der Waals surface area (Å²) in [5.41, 5.74) is 3.16. The van der Waals surface area contributed by atoms with E-state index in [-0.39, 0.29) is 36.3 Å². The Morgan fingerprint density at radius 2 is 2.00 bits per heavy atom. The van der Waals surface area contributed by atoms with Crippen LogP contribution in [0.3, 0.4) is 0 Å². The van der Waals surface area contributed by atoms with Crippen LogP contribution in [0.15, 0.2) is 42.5 Å². The van der Waals surface area contributed by atoms with Crippen LogP contribution < -0.4 is 15.5 Å². The van der Waals surface area contributed by atoms with Crippen molar-refractivity contribution in [3.63, 3.8) is 0 Å². The van der Waals surface area contributed by atoms with Crippen LogP contribution in [0, 0.1) is 0 Å². The van der Waals surface area contributed by atoms with Gasteiger partial charge in [0.2, 0.25) is 5.91 Å². The molecule has 0 aliphatic carbocycles. The minimum Gasteiger partial charge on any atom is -0.361 e. The van der Waals surface area contributed by atoms with Crippen molar-refractivity contribution < 1.29 is 9.59 Å². The van der Waals surface area contributed by atoms with Crippen molar-refractivity contribution in [2.24, 2.45) is 0 Å². The number of anilines is 2. The van der Waals surface area contributed by atoms with E-state index in [1.54, 1.807) is 6.07 Å².